The number of hydrogen-bond donors (Lipinski definition) is 3. The molecule has 7 nitrogen and oxygen atoms in total. The summed E-state index contributed by atoms with van der Waals surface area (Å²) in [6.07, 6.45) is -0.714. The number of alkyl carbamates (subject to hydrolysis) is 1. The Morgan fingerprint density at radius 3 is 1.90 bits per heavy atom. The molecule has 2 atom stereocenters. The summed E-state index contributed by atoms with van der Waals surface area (Å²) in [6, 6.07) is -1.88. The Morgan fingerprint density at radius 1 is 1.05 bits per heavy atom. The molecule has 0 aromatic heterocycles. The van der Waals surface area contributed by atoms with Gasteiger partial charge in [-0.05, 0) is 33.6 Å². The minimum atomic E-state index is -1.14. The zero-order valence-corrected chi connectivity index (χ0v) is 12.8. The first-order valence-corrected chi connectivity index (χ1v) is 6.46. The smallest absolute Gasteiger partial charge is 0.408 e. The van der Waals surface area contributed by atoms with E-state index in [-0.39, 0.29) is 5.92 Å². The fourth-order valence-electron chi connectivity index (χ4n) is 1.33. The number of nitrogens with one attached hydrogen (secondary N) is 2. The fraction of sp³-hybridized carbons (Fsp3) is 0.769. The lowest BCUT2D eigenvalue weighted by molar-refractivity contribution is -0.141. The number of ether oxygens (including phenoxy) is 1. The molecule has 116 valence electrons. The second kappa shape index (κ2) is 7.12. The minimum absolute atomic E-state index is 0.205. The van der Waals surface area contributed by atoms with Crippen LogP contribution in [0.25, 0.3) is 0 Å². The normalized spacial score (nSPS) is 14.3. The molecule has 0 radical (unpaired) electrons. The van der Waals surface area contributed by atoms with E-state index in [2.05, 4.69) is 10.6 Å². The number of aliphatic carboxylic acids is 1. The molecule has 0 aliphatic carbocycles. The minimum Gasteiger partial charge on any atom is -0.480 e. The first-order chi connectivity index (χ1) is 8.94. The van der Waals surface area contributed by atoms with Crippen LogP contribution >= 0.6 is 0 Å². The molecule has 7 heteroatoms. The molecule has 0 aliphatic rings. The Hall–Kier alpha value is -1.79. The van der Waals surface area contributed by atoms with E-state index >= 15 is 0 Å². The van der Waals surface area contributed by atoms with Crippen LogP contribution in [0.2, 0.25) is 0 Å². The van der Waals surface area contributed by atoms with Crippen LogP contribution in [0.1, 0.15) is 41.5 Å². The lowest BCUT2D eigenvalue weighted by atomic mass is 10.0. The molecule has 0 bridgehead atoms. The number of carboxylic acid groups (broad SMARTS) is 1. The molecule has 0 rings (SSSR count). The van der Waals surface area contributed by atoms with E-state index in [0.717, 1.165) is 0 Å². The molecule has 3 N–H and O–H groups in total. The average Bonchev–Trinajstić information content (AvgIpc) is 2.22. The van der Waals surface area contributed by atoms with Gasteiger partial charge in [-0.3, -0.25) is 9.59 Å². The first-order valence-electron chi connectivity index (χ1n) is 6.46. The van der Waals surface area contributed by atoms with E-state index < -0.39 is 35.7 Å². The van der Waals surface area contributed by atoms with Crippen LogP contribution in [0.5, 0.6) is 0 Å². The van der Waals surface area contributed by atoms with Crippen molar-refractivity contribution in [3.05, 3.63) is 0 Å². The summed E-state index contributed by atoms with van der Waals surface area (Å²) >= 11 is 0. The van der Waals surface area contributed by atoms with E-state index in [4.69, 9.17) is 9.84 Å². The predicted octanol–water partition coefficient (Wildman–Crippen LogP) is 1.12. The van der Waals surface area contributed by atoms with Crippen molar-refractivity contribution in [3.63, 3.8) is 0 Å². The number of hydrogen-bond acceptors (Lipinski definition) is 4. The molecule has 0 spiro atoms. The molecule has 0 saturated heterocycles. The Labute approximate surface area is 119 Å². The zero-order valence-electron chi connectivity index (χ0n) is 12.8. The third kappa shape index (κ3) is 6.96. The van der Waals surface area contributed by atoms with Gasteiger partial charge >= 0.3 is 12.1 Å². The molecule has 0 heterocycles. The highest BCUT2D eigenvalue weighted by Crippen LogP contribution is 2.09. The van der Waals surface area contributed by atoms with Crippen LogP contribution in [0, 0.1) is 5.92 Å². The maximum atomic E-state index is 12.0. The third-order valence-electron chi connectivity index (χ3n) is 2.35. The van der Waals surface area contributed by atoms with E-state index in [0.29, 0.717) is 0 Å². The number of carbonyl (C=O) groups is 3. The van der Waals surface area contributed by atoms with Crippen molar-refractivity contribution in [2.75, 3.05) is 0 Å². The number of carbonyl (C=O) groups excluding carboxylic acids is 2. The van der Waals surface area contributed by atoms with Gasteiger partial charge in [-0.25, -0.2) is 4.79 Å². The summed E-state index contributed by atoms with van der Waals surface area (Å²) in [7, 11) is 0. The van der Waals surface area contributed by atoms with Crippen LogP contribution in [-0.2, 0) is 14.3 Å². The molecule has 0 saturated carbocycles. The van der Waals surface area contributed by atoms with Crippen molar-refractivity contribution in [1.29, 1.82) is 0 Å². The molecular weight excluding hydrogens is 264 g/mol. The second-order valence-electron chi connectivity index (χ2n) is 5.94. The Bertz CT molecular complexity index is 373. The van der Waals surface area contributed by atoms with Gasteiger partial charge < -0.3 is 20.5 Å². The van der Waals surface area contributed by atoms with Crippen molar-refractivity contribution in [2.24, 2.45) is 5.92 Å². The third-order valence-corrected chi connectivity index (χ3v) is 2.35. The van der Waals surface area contributed by atoms with Crippen LogP contribution < -0.4 is 10.6 Å². The standard InChI is InChI=1S/C13H24N2O5/c1-7(2)9(10(16)14-8(3)11(17)18)15-12(19)20-13(4,5)6/h7-9H,1-6H3,(H,14,16)(H,15,19)(H,17,18)/t8-,9-/m1/s1. The van der Waals surface area contributed by atoms with Crippen molar-refractivity contribution >= 4 is 18.0 Å². The van der Waals surface area contributed by atoms with Gasteiger partial charge in [-0.15, -0.1) is 0 Å². The van der Waals surface area contributed by atoms with Gasteiger partial charge in [0.1, 0.15) is 17.7 Å². The van der Waals surface area contributed by atoms with Crippen molar-refractivity contribution < 1.29 is 24.2 Å². The zero-order chi connectivity index (χ0) is 16.1. The fourth-order valence-corrected chi connectivity index (χ4v) is 1.33. The quantitative estimate of drug-likeness (QED) is 0.703. The van der Waals surface area contributed by atoms with Gasteiger partial charge in [0, 0.05) is 0 Å². The monoisotopic (exact) mass is 288 g/mol. The molecule has 2 amide bonds. The molecular formula is C13H24N2O5. The van der Waals surface area contributed by atoms with Gasteiger partial charge in [0.2, 0.25) is 5.91 Å². The lowest BCUT2D eigenvalue weighted by Crippen LogP contribution is -2.53. The van der Waals surface area contributed by atoms with Gasteiger partial charge in [0.15, 0.2) is 0 Å². The summed E-state index contributed by atoms with van der Waals surface area (Å²) in [4.78, 5) is 34.3. The van der Waals surface area contributed by atoms with E-state index in [9.17, 15) is 14.4 Å². The van der Waals surface area contributed by atoms with Crippen LogP contribution in [-0.4, -0.2) is 40.8 Å². The number of carboxylic acids is 1. The highest BCUT2D eigenvalue weighted by molar-refractivity contribution is 5.89. The first kappa shape index (κ1) is 18.2. The van der Waals surface area contributed by atoms with Crippen LogP contribution in [0.15, 0.2) is 0 Å². The summed E-state index contributed by atoms with van der Waals surface area (Å²) < 4.78 is 5.07. The SMILES string of the molecule is CC(C)[C@@H](NC(=O)OC(C)(C)C)C(=O)N[C@H](C)C(=O)O. The van der Waals surface area contributed by atoms with E-state index in [1.54, 1.807) is 34.6 Å². The molecule has 0 aliphatic heterocycles. The maximum absolute atomic E-state index is 12.0. The van der Waals surface area contributed by atoms with Crippen molar-refractivity contribution in [3.8, 4) is 0 Å². The largest absolute Gasteiger partial charge is 0.480 e. The summed E-state index contributed by atoms with van der Waals surface area (Å²) in [5, 5.41) is 13.5. The highest BCUT2D eigenvalue weighted by atomic mass is 16.6. The molecule has 20 heavy (non-hydrogen) atoms. The van der Waals surface area contributed by atoms with Gasteiger partial charge in [0.05, 0.1) is 0 Å². The average molecular weight is 288 g/mol. The molecule has 0 aromatic rings. The van der Waals surface area contributed by atoms with Crippen LogP contribution in [0.4, 0.5) is 4.79 Å². The van der Waals surface area contributed by atoms with Gasteiger partial charge in [0.25, 0.3) is 0 Å². The summed E-state index contributed by atoms with van der Waals surface area (Å²) in [5.41, 5.74) is -0.670. The van der Waals surface area contributed by atoms with E-state index in [1.807, 2.05) is 0 Å². The van der Waals surface area contributed by atoms with Gasteiger partial charge in [-0.2, -0.15) is 0 Å². The number of amides is 2. The van der Waals surface area contributed by atoms with Crippen LogP contribution in [0.3, 0.4) is 0 Å². The second-order valence-corrected chi connectivity index (χ2v) is 5.94. The Morgan fingerprint density at radius 2 is 1.55 bits per heavy atom. The van der Waals surface area contributed by atoms with Crippen molar-refractivity contribution in [1.82, 2.24) is 10.6 Å². The molecule has 0 fully saturated rings. The maximum Gasteiger partial charge on any atom is 0.408 e. The van der Waals surface area contributed by atoms with Crippen molar-refractivity contribution in [2.45, 2.75) is 59.2 Å². The number of rotatable bonds is 5. The van der Waals surface area contributed by atoms with E-state index in [1.165, 1.54) is 6.92 Å². The highest BCUT2D eigenvalue weighted by Gasteiger charge is 2.28. The summed E-state index contributed by atoms with van der Waals surface area (Å²) in [5.74, 6) is -1.90. The predicted molar refractivity (Wildman–Crippen MR) is 73.2 cm³/mol. The topological polar surface area (TPSA) is 105 Å². The van der Waals surface area contributed by atoms with Gasteiger partial charge in [-0.1, -0.05) is 13.8 Å². The Kier molecular flexibility index (Phi) is 6.48. The molecule has 0 aromatic carbocycles. The lowest BCUT2D eigenvalue weighted by Gasteiger charge is -2.25. The summed E-state index contributed by atoms with van der Waals surface area (Å²) in [6.45, 7) is 9.97. The Balaban J connectivity index is 4.69. The molecule has 0 unspecified atom stereocenters.